The van der Waals surface area contributed by atoms with E-state index < -0.39 is 6.09 Å². The number of aryl methyl sites for hydroxylation is 1. The fourth-order valence-electron chi connectivity index (χ4n) is 3.44. The molecule has 0 fully saturated rings. The number of ether oxygens (including phenoxy) is 2. The van der Waals surface area contributed by atoms with Gasteiger partial charge in [-0.15, -0.1) is 0 Å². The molecule has 3 rings (SSSR count). The minimum Gasteiger partial charge on any atom is -0.489 e. The molecule has 3 aromatic rings. The van der Waals surface area contributed by atoms with E-state index in [1.165, 1.54) is 0 Å². The molecular weight excluding hydrogens is 416 g/mol. The molecule has 3 aromatic carbocycles. The van der Waals surface area contributed by atoms with Crippen molar-refractivity contribution in [2.24, 2.45) is 0 Å². The van der Waals surface area contributed by atoms with Gasteiger partial charge in [-0.2, -0.15) is 0 Å². The van der Waals surface area contributed by atoms with E-state index in [0.717, 1.165) is 41.0 Å². The van der Waals surface area contributed by atoms with Gasteiger partial charge in [-0.25, -0.2) is 4.79 Å². The first-order valence-electron chi connectivity index (χ1n) is 11.0. The highest BCUT2D eigenvalue weighted by molar-refractivity contribution is 5.91. The van der Waals surface area contributed by atoms with Gasteiger partial charge in [-0.3, -0.25) is 4.79 Å². The molecule has 0 unspecified atom stereocenters. The van der Waals surface area contributed by atoms with Crippen LogP contribution in [0.2, 0.25) is 0 Å². The zero-order valence-electron chi connectivity index (χ0n) is 19.1. The van der Waals surface area contributed by atoms with Crippen molar-refractivity contribution >= 4 is 17.7 Å². The molecule has 0 aliphatic rings. The van der Waals surface area contributed by atoms with Crippen molar-refractivity contribution in [1.29, 1.82) is 0 Å². The predicted octanol–water partition coefficient (Wildman–Crippen LogP) is 5.11. The van der Waals surface area contributed by atoms with Crippen LogP contribution in [0.3, 0.4) is 0 Å². The summed E-state index contributed by atoms with van der Waals surface area (Å²) in [6, 6.07) is 25.7. The quantitative estimate of drug-likeness (QED) is 0.440. The first-order chi connectivity index (χ1) is 16.0. The van der Waals surface area contributed by atoms with Gasteiger partial charge >= 0.3 is 6.09 Å². The van der Waals surface area contributed by atoms with Crippen LogP contribution in [-0.2, 0) is 29.1 Å². The lowest BCUT2D eigenvalue weighted by molar-refractivity contribution is -0.116. The highest BCUT2D eigenvalue weighted by atomic mass is 16.5. The van der Waals surface area contributed by atoms with Crippen LogP contribution >= 0.6 is 0 Å². The van der Waals surface area contributed by atoms with Crippen molar-refractivity contribution in [1.82, 2.24) is 5.32 Å². The van der Waals surface area contributed by atoms with E-state index in [2.05, 4.69) is 5.32 Å². The summed E-state index contributed by atoms with van der Waals surface area (Å²) in [7, 11) is 1.54. The number of rotatable bonds is 10. The Morgan fingerprint density at radius 2 is 1.61 bits per heavy atom. The first kappa shape index (κ1) is 23.9. The molecule has 0 aliphatic carbocycles. The van der Waals surface area contributed by atoms with Gasteiger partial charge in [0.05, 0.1) is 13.2 Å². The highest BCUT2D eigenvalue weighted by Crippen LogP contribution is 2.21. The average Bonchev–Trinajstić information content (AvgIpc) is 2.84. The molecule has 0 atom stereocenters. The second-order valence-electron chi connectivity index (χ2n) is 7.69. The minimum atomic E-state index is -0.415. The van der Waals surface area contributed by atoms with Crippen LogP contribution in [0.25, 0.3) is 0 Å². The zero-order chi connectivity index (χ0) is 23.5. The lowest BCUT2D eigenvalue weighted by atomic mass is 10.1. The lowest BCUT2D eigenvalue weighted by Crippen LogP contribution is -2.27. The molecule has 0 bridgehead atoms. The van der Waals surface area contributed by atoms with E-state index in [4.69, 9.17) is 9.47 Å². The third-order valence-corrected chi connectivity index (χ3v) is 5.14. The van der Waals surface area contributed by atoms with Crippen molar-refractivity contribution in [3.05, 3.63) is 95.6 Å². The maximum atomic E-state index is 12.3. The fraction of sp³-hybridized carbons (Fsp3) is 0.259. The van der Waals surface area contributed by atoms with Gasteiger partial charge in [0.25, 0.3) is 0 Å². The molecule has 2 amide bonds. The largest absolute Gasteiger partial charge is 0.489 e. The summed E-state index contributed by atoms with van der Waals surface area (Å²) in [5, 5.41) is 2.43. The van der Waals surface area contributed by atoms with Crippen LogP contribution in [0.1, 0.15) is 30.0 Å². The second kappa shape index (κ2) is 12.3. The van der Waals surface area contributed by atoms with Crippen LogP contribution in [0.5, 0.6) is 5.75 Å². The van der Waals surface area contributed by atoms with Crippen molar-refractivity contribution in [2.75, 3.05) is 18.6 Å². The van der Waals surface area contributed by atoms with Gasteiger partial charge in [0, 0.05) is 19.7 Å². The number of amides is 2. The molecular formula is C27H30N2O4. The molecule has 0 saturated carbocycles. The highest BCUT2D eigenvalue weighted by Gasteiger charge is 2.13. The van der Waals surface area contributed by atoms with E-state index in [0.29, 0.717) is 19.8 Å². The number of nitrogens with zero attached hydrogens (tertiary/aromatic N) is 1. The Kier molecular flexibility index (Phi) is 8.88. The van der Waals surface area contributed by atoms with E-state index in [1.54, 1.807) is 18.9 Å². The molecule has 33 heavy (non-hydrogen) atoms. The van der Waals surface area contributed by atoms with E-state index in [9.17, 15) is 9.59 Å². The number of carbonyl (C=O) groups is 2. The number of hydrogen-bond acceptors (Lipinski definition) is 4. The standard InChI is InChI=1S/C27H30N2O4/c1-21(30)29(19-23-9-4-3-5-10-23)25-14-6-12-24(17-25)20-33-26-15-7-11-22(18-26)13-8-16-32-27(31)28-2/h3-7,9-12,14-15,17-18H,8,13,16,19-20H2,1-2H3,(H,28,31). The number of carbonyl (C=O) groups excluding carboxylic acids is 2. The number of hydrogen-bond donors (Lipinski definition) is 1. The zero-order valence-corrected chi connectivity index (χ0v) is 19.1. The van der Waals surface area contributed by atoms with Gasteiger partial charge < -0.3 is 19.7 Å². The van der Waals surface area contributed by atoms with Crippen LogP contribution < -0.4 is 15.0 Å². The van der Waals surface area contributed by atoms with Gasteiger partial charge in [-0.05, 0) is 53.8 Å². The summed E-state index contributed by atoms with van der Waals surface area (Å²) in [5.41, 5.74) is 4.02. The Hall–Kier alpha value is -3.80. The minimum absolute atomic E-state index is 0.00924. The van der Waals surface area contributed by atoms with Gasteiger partial charge in [0.15, 0.2) is 0 Å². The Labute approximate surface area is 195 Å². The number of alkyl carbamates (subject to hydrolysis) is 1. The van der Waals surface area contributed by atoms with Gasteiger partial charge in [0.2, 0.25) is 5.91 Å². The molecule has 0 spiro atoms. The van der Waals surface area contributed by atoms with Crippen molar-refractivity contribution in [3.63, 3.8) is 0 Å². The maximum Gasteiger partial charge on any atom is 0.406 e. The third-order valence-electron chi connectivity index (χ3n) is 5.14. The molecule has 0 saturated heterocycles. The van der Waals surface area contributed by atoms with Crippen LogP contribution in [0, 0.1) is 0 Å². The molecule has 0 aromatic heterocycles. The Morgan fingerprint density at radius 1 is 0.879 bits per heavy atom. The smallest absolute Gasteiger partial charge is 0.406 e. The SMILES string of the molecule is CNC(=O)OCCCc1cccc(OCc2cccc(N(Cc3ccccc3)C(C)=O)c2)c1. The summed E-state index contributed by atoms with van der Waals surface area (Å²) in [6.45, 7) is 2.87. The van der Waals surface area contributed by atoms with Gasteiger partial charge in [0.1, 0.15) is 12.4 Å². The molecule has 6 nitrogen and oxygen atoms in total. The molecule has 6 heteroatoms. The van der Waals surface area contributed by atoms with Crippen molar-refractivity contribution in [3.8, 4) is 5.75 Å². The summed E-state index contributed by atoms with van der Waals surface area (Å²) in [5.74, 6) is 0.767. The fourth-order valence-corrected chi connectivity index (χ4v) is 3.44. The Bertz CT molecular complexity index is 1050. The van der Waals surface area contributed by atoms with E-state index in [-0.39, 0.29) is 5.91 Å². The van der Waals surface area contributed by atoms with Crippen molar-refractivity contribution < 1.29 is 19.1 Å². The third kappa shape index (κ3) is 7.68. The van der Waals surface area contributed by atoms with E-state index >= 15 is 0 Å². The Balaban J connectivity index is 1.59. The molecule has 0 aliphatic heterocycles. The number of benzene rings is 3. The molecule has 172 valence electrons. The average molecular weight is 447 g/mol. The molecule has 0 heterocycles. The van der Waals surface area contributed by atoms with Crippen LogP contribution in [-0.4, -0.2) is 25.7 Å². The normalized spacial score (nSPS) is 10.4. The summed E-state index contributed by atoms with van der Waals surface area (Å²) in [4.78, 5) is 25.2. The Morgan fingerprint density at radius 3 is 2.36 bits per heavy atom. The maximum absolute atomic E-state index is 12.3. The van der Waals surface area contributed by atoms with Crippen LogP contribution in [0.4, 0.5) is 10.5 Å². The number of anilines is 1. The monoisotopic (exact) mass is 446 g/mol. The molecule has 1 N–H and O–H groups in total. The lowest BCUT2D eigenvalue weighted by Gasteiger charge is -2.22. The van der Waals surface area contributed by atoms with Crippen molar-refractivity contribution in [2.45, 2.75) is 32.9 Å². The summed E-state index contributed by atoms with van der Waals surface area (Å²) >= 11 is 0. The first-order valence-corrected chi connectivity index (χ1v) is 11.0. The second-order valence-corrected chi connectivity index (χ2v) is 7.69. The predicted molar refractivity (Wildman–Crippen MR) is 129 cm³/mol. The molecule has 0 radical (unpaired) electrons. The summed E-state index contributed by atoms with van der Waals surface area (Å²) < 4.78 is 11.0. The number of nitrogens with one attached hydrogen (secondary N) is 1. The van der Waals surface area contributed by atoms with Crippen LogP contribution in [0.15, 0.2) is 78.9 Å². The summed E-state index contributed by atoms with van der Waals surface area (Å²) in [6.07, 6.45) is 1.11. The topological polar surface area (TPSA) is 67.9 Å². The van der Waals surface area contributed by atoms with Gasteiger partial charge in [-0.1, -0.05) is 54.6 Å². The van der Waals surface area contributed by atoms with E-state index in [1.807, 2.05) is 78.9 Å².